The molecule has 2 fully saturated rings. The van der Waals surface area contributed by atoms with Gasteiger partial charge in [-0.25, -0.2) is 0 Å². The molecule has 0 saturated carbocycles. The van der Waals surface area contributed by atoms with Gasteiger partial charge in [0.1, 0.15) is 11.5 Å². The van der Waals surface area contributed by atoms with Gasteiger partial charge in [0.2, 0.25) is 11.8 Å². The number of hydrogen-bond donors (Lipinski definition) is 1. The largest absolute Gasteiger partial charge is 0.461 e. The van der Waals surface area contributed by atoms with Crippen molar-refractivity contribution >= 4 is 17.7 Å². The fourth-order valence-electron chi connectivity index (χ4n) is 3.71. The van der Waals surface area contributed by atoms with Crippen LogP contribution in [0.4, 0.5) is 0 Å². The number of carbonyl (C=O) groups is 3. The molecule has 4 rings (SSSR count). The molecule has 6 heteroatoms. The van der Waals surface area contributed by atoms with E-state index >= 15 is 0 Å². The van der Waals surface area contributed by atoms with Crippen molar-refractivity contribution in [2.45, 2.75) is 19.8 Å². The summed E-state index contributed by atoms with van der Waals surface area (Å²) in [4.78, 5) is 38.4. The first-order chi connectivity index (χ1) is 12.0. The van der Waals surface area contributed by atoms with Gasteiger partial charge in [-0.2, -0.15) is 0 Å². The lowest BCUT2D eigenvalue weighted by atomic mass is 9.85. The Balaban J connectivity index is 1.63. The molecule has 6 nitrogen and oxygen atoms in total. The molecule has 0 radical (unpaired) electrons. The van der Waals surface area contributed by atoms with Gasteiger partial charge in [-0.15, -0.1) is 0 Å². The minimum Gasteiger partial charge on any atom is -0.461 e. The Morgan fingerprint density at radius 3 is 2.68 bits per heavy atom. The number of benzene rings is 1. The van der Waals surface area contributed by atoms with Crippen molar-refractivity contribution in [3.63, 3.8) is 0 Å². The van der Waals surface area contributed by atoms with Gasteiger partial charge in [-0.3, -0.25) is 19.7 Å². The highest BCUT2D eigenvalue weighted by Gasteiger charge is 2.52. The number of furan rings is 1. The van der Waals surface area contributed by atoms with Crippen LogP contribution in [-0.2, 0) is 9.59 Å². The molecule has 128 valence electrons. The van der Waals surface area contributed by atoms with Crippen LogP contribution in [0, 0.1) is 12.3 Å². The molecular formula is C19H18N2O4. The minimum atomic E-state index is -0.765. The summed E-state index contributed by atoms with van der Waals surface area (Å²) < 4.78 is 5.76. The Hall–Kier alpha value is -2.89. The van der Waals surface area contributed by atoms with Crippen molar-refractivity contribution in [3.8, 4) is 11.3 Å². The third-order valence-electron chi connectivity index (χ3n) is 5.00. The SMILES string of the molecule is Cc1cc(C(=O)N2CC[C@]3(CC(=O)NC3=O)C2)c(-c2ccccc2)o1. The second-order valence-corrected chi connectivity index (χ2v) is 6.78. The summed E-state index contributed by atoms with van der Waals surface area (Å²) in [5.41, 5.74) is 0.561. The van der Waals surface area contributed by atoms with Crippen LogP contribution < -0.4 is 5.32 Å². The molecule has 1 atom stereocenters. The quantitative estimate of drug-likeness (QED) is 0.851. The number of imide groups is 1. The number of hydrogen-bond acceptors (Lipinski definition) is 4. The van der Waals surface area contributed by atoms with Gasteiger partial charge in [0.25, 0.3) is 5.91 Å². The van der Waals surface area contributed by atoms with Crippen molar-refractivity contribution in [2.75, 3.05) is 13.1 Å². The van der Waals surface area contributed by atoms with E-state index in [0.717, 1.165) is 5.56 Å². The monoisotopic (exact) mass is 338 g/mol. The molecule has 0 bridgehead atoms. The van der Waals surface area contributed by atoms with Crippen LogP contribution in [-0.4, -0.2) is 35.7 Å². The van der Waals surface area contributed by atoms with Gasteiger partial charge < -0.3 is 9.32 Å². The topological polar surface area (TPSA) is 79.6 Å². The fourth-order valence-corrected chi connectivity index (χ4v) is 3.71. The molecule has 2 aliphatic heterocycles. The van der Waals surface area contributed by atoms with E-state index < -0.39 is 5.41 Å². The van der Waals surface area contributed by atoms with E-state index in [-0.39, 0.29) is 30.7 Å². The summed E-state index contributed by atoms with van der Waals surface area (Å²) in [5.74, 6) is 0.503. The number of carbonyl (C=O) groups excluding carboxylic acids is 3. The summed E-state index contributed by atoms with van der Waals surface area (Å²) in [6.45, 7) is 2.53. The lowest BCUT2D eigenvalue weighted by molar-refractivity contribution is -0.128. The first kappa shape index (κ1) is 15.6. The third kappa shape index (κ3) is 2.54. The molecule has 3 heterocycles. The predicted octanol–water partition coefficient (Wildman–Crippen LogP) is 2.13. The van der Waals surface area contributed by atoms with Gasteiger partial charge in [-0.1, -0.05) is 30.3 Å². The maximum absolute atomic E-state index is 13.0. The lowest BCUT2D eigenvalue weighted by Crippen LogP contribution is -2.36. The molecular weight excluding hydrogens is 320 g/mol. The van der Waals surface area contributed by atoms with Crippen LogP contribution in [0.5, 0.6) is 0 Å². The lowest BCUT2D eigenvalue weighted by Gasteiger charge is -2.20. The summed E-state index contributed by atoms with van der Waals surface area (Å²) in [6.07, 6.45) is 0.666. The Morgan fingerprint density at radius 1 is 1.24 bits per heavy atom. The van der Waals surface area contributed by atoms with E-state index in [4.69, 9.17) is 4.42 Å². The number of nitrogens with one attached hydrogen (secondary N) is 1. The van der Waals surface area contributed by atoms with E-state index in [1.54, 1.807) is 17.9 Å². The maximum Gasteiger partial charge on any atom is 0.257 e. The second kappa shape index (κ2) is 5.58. The summed E-state index contributed by atoms with van der Waals surface area (Å²) in [6, 6.07) is 11.2. The Labute approximate surface area is 144 Å². The molecule has 0 unspecified atom stereocenters. The smallest absolute Gasteiger partial charge is 0.257 e. The van der Waals surface area contributed by atoms with E-state index in [1.165, 1.54) is 0 Å². The van der Waals surface area contributed by atoms with Crippen LogP contribution in [0.2, 0.25) is 0 Å². The summed E-state index contributed by atoms with van der Waals surface area (Å²) in [7, 11) is 0. The van der Waals surface area contributed by atoms with Gasteiger partial charge >= 0.3 is 0 Å². The van der Waals surface area contributed by atoms with Crippen LogP contribution in [0.25, 0.3) is 11.3 Å². The molecule has 25 heavy (non-hydrogen) atoms. The van der Waals surface area contributed by atoms with Crippen molar-refractivity contribution in [1.29, 1.82) is 0 Å². The second-order valence-electron chi connectivity index (χ2n) is 6.78. The highest BCUT2D eigenvalue weighted by molar-refractivity contribution is 6.07. The zero-order valence-corrected chi connectivity index (χ0v) is 13.9. The predicted molar refractivity (Wildman–Crippen MR) is 89.6 cm³/mol. The Kier molecular flexibility index (Phi) is 3.49. The summed E-state index contributed by atoms with van der Waals surface area (Å²) >= 11 is 0. The van der Waals surface area contributed by atoms with Crippen molar-refractivity contribution < 1.29 is 18.8 Å². The van der Waals surface area contributed by atoms with Crippen LogP contribution in [0.1, 0.15) is 29.0 Å². The number of nitrogens with zero attached hydrogens (tertiary/aromatic N) is 1. The van der Waals surface area contributed by atoms with Gasteiger partial charge in [0, 0.05) is 25.1 Å². The fraction of sp³-hybridized carbons (Fsp3) is 0.316. The third-order valence-corrected chi connectivity index (χ3v) is 5.00. The molecule has 1 aromatic carbocycles. The first-order valence-electron chi connectivity index (χ1n) is 8.28. The average molecular weight is 338 g/mol. The van der Waals surface area contributed by atoms with Crippen LogP contribution >= 0.6 is 0 Å². The van der Waals surface area contributed by atoms with E-state index in [1.807, 2.05) is 30.3 Å². The molecule has 1 N–H and O–H groups in total. The number of likely N-dealkylation sites (tertiary alicyclic amines) is 1. The molecule has 0 aliphatic carbocycles. The average Bonchev–Trinajstić information content (AvgIpc) is 3.26. The van der Waals surface area contributed by atoms with Crippen molar-refractivity contribution in [3.05, 3.63) is 47.7 Å². The van der Waals surface area contributed by atoms with Gasteiger partial charge in [-0.05, 0) is 19.4 Å². The molecule has 2 aromatic rings. The van der Waals surface area contributed by atoms with Crippen LogP contribution in [0.3, 0.4) is 0 Å². The Bertz CT molecular complexity index is 871. The zero-order chi connectivity index (χ0) is 17.6. The molecule has 3 amide bonds. The molecule has 2 aliphatic rings. The maximum atomic E-state index is 13.0. The van der Waals surface area contributed by atoms with Crippen molar-refractivity contribution in [1.82, 2.24) is 10.2 Å². The molecule has 2 saturated heterocycles. The minimum absolute atomic E-state index is 0.158. The summed E-state index contributed by atoms with van der Waals surface area (Å²) in [5, 5.41) is 2.36. The highest BCUT2D eigenvalue weighted by atomic mass is 16.3. The first-order valence-corrected chi connectivity index (χ1v) is 8.28. The highest BCUT2D eigenvalue weighted by Crippen LogP contribution is 2.39. The van der Waals surface area contributed by atoms with E-state index in [2.05, 4.69) is 5.32 Å². The van der Waals surface area contributed by atoms with Gasteiger partial charge in [0.05, 0.1) is 11.0 Å². The normalized spacial score (nSPS) is 22.7. The number of rotatable bonds is 2. The Morgan fingerprint density at radius 2 is 2.00 bits per heavy atom. The molecule has 1 aromatic heterocycles. The van der Waals surface area contributed by atoms with Crippen LogP contribution in [0.15, 0.2) is 40.8 Å². The molecule has 1 spiro atoms. The van der Waals surface area contributed by atoms with E-state index in [9.17, 15) is 14.4 Å². The number of amides is 3. The zero-order valence-electron chi connectivity index (χ0n) is 13.9. The van der Waals surface area contributed by atoms with E-state index in [0.29, 0.717) is 30.0 Å². The van der Waals surface area contributed by atoms with Gasteiger partial charge in [0.15, 0.2) is 0 Å². The number of aryl methyl sites for hydroxylation is 1. The standard InChI is InChI=1S/C19H18N2O4/c1-12-9-14(16(25-12)13-5-3-2-4-6-13)17(23)21-8-7-19(11-21)10-15(22)20-18(19)24/h2-6,9H,7-8,10-11H2,1H3,(H,20,22,24)/t19-/m0/s1. The van der Waals surface area contributed by atoms with Crippen molar-refractivity contribution in [2.24, 2.45) is 5.41 Å².